The van der Waals surface area contributed by atoms with E-state index >= 15 is 0 Å². The molecule has 0 saturated heterocycles. The topological polar surface area (TPSA) is 55.2 Å². The van der Waals surface area contributed by atoms with Gasteiger partial charge < -0.3 is 4.90 Å². The van der Waals surface area contributed by atoms with Crippen LogP contribution in [0.25, 0.3) is 0 Å². The third-order valence-corrected chi connectivity index (χ3v) is 3.45. The second-order valence-corrected chi connectivity index (χ2v) is 5.28. The van der Waals surface area contributed by atoms with Gasteiger partial charge in [0, 0.05) is 19.7 Å². The molecule has 1 aromatic heterocycles. The lowest BCUT2D eigenvalue weighted by atomic mass is 10.2. The Bertz CT molecular complexity index is 680. The zero-order valence-corrected chi connectivity index (χ0v) is 13.0. The molecule has 2 aromatic rings. The van der Waals surface area contributed by atoms with E-state index in [0.29, 0.717) is 18.8 Å². The molecule has 0 saturated carbocycles. The fourth-order valence-electron chi connectivity index (χ4n) is 2.12. The molecule has 0 unspecified atom stereocenters. The molecule has 1 aromatic carbocycles. The van der Waals surface area contributed by atoms with Gasteiger partial charge in [0.15, 0.2) is 0 Å². The number of hydrogen-bond acceptors (Lipinski definition) is 3. The first-order valence-corrected chi connectivity index (χ1v) is 7.49. The van der Waals surface area contributed by atoms with Crippen LogP contribution in [0.5, 0.6) is 0 Å². The molecular weight excluding hydrogens is 278 g/mol. The summed E-state index contributed by atoms with van der Waals surface area (Å²) in [4.78, 5) is 25.9. The number of hydrogen-bond donors (Lipinski definition) is 0. The summed E-state index contributed by atoms with van der Waals surface area (Å²) in [5.41, 5.74) is 1.06. The summed E-state index contributed by atoms with van der Waals surface area (Å²) in [5, 5.41) is 4.21. The van der Waals surface area contributed by atoms with Crippen LogP contribution in [0.15, 0.2) is 47.3 Å². The second-order valence-electron chi connectivity index (χ2n) is 5.28. The Kier molecular flexibility index (Phi) is 5.47. The van der Waals surface area contributed by atoms with Crippen LogP contribution < -0.4 is 5.56 Å². The highest BCUT2D eigenvalue weighted by Crippen LogP contribution is 2.03. The molecule has 0 fully saturated rings. The first kappa shape index (κ1) is 15.9. The van der Waals surface area contributed by atoms with Gasteiger partial charge >= 0.3 is 0 Å². The van der Waals surface area contributed by atoms with Crippen LogP contribution in [0.1, 0.15) is 35.8 Å². The summed E-state index contributed by atoms with van der Waals surface area (Å²) in [6.07, 6.45) is 1.98. The summed E-state index contributed by atoms with van der Waals surface area (Å²) in [7, 11) is 1.76. The van der Waals surface area contributed by atoms with Gasteiger partial charge in [-0.2, -0.15) is 5.10 Å². The molecule has 116 valence electrons. The van der Waals surface area contributed by atoms with E-state index in [1.807, 2.05) is 30.3 Å². The lowest BCUT2D eigenvalue weighted by Crippen LogP contribution is -2.32. The number of rotatable bonds is 6. The molecule has 0 bridgehead atoms. The third kappa shape index (κ3) is 4.04. The van der Waals surface area contributed by atoms with Gasteiger partial charge in [0.25, 0.3) is 11.5 Å². The molecule has 1 amide bonds. The largest absolute Gasteiger partial charge is 0.340 e. The standard InChI is InChI=1S/C17H21N3O2/c1-3-4-12-19(2)17(22)15-10-11-16(21)20(18-15)13-14-8-6-5-7-9-14/h5-11H,3-4,12-13H2,1-2H3. The maximum absolute atomic E-state index is 12.3. The molecule has 5 heteroatoms. The minimum absolute atomic E-state index is 0.157. The monoisotopic (exact) mass is 299 g/mol. The number of carbonyl (C=O) groups excluding carboxylic acids is 1. The molecule has 0 atom stereocenters. The molecule has 1 heterocycles. The van der Waals surface area contributed by atoms with Crippen LogP contribution in [0, 0.1) is 0 Å². The van der Waals surface area contributed by atoms with E-state index in [9.17, 15) is 9.59 Å². The van der Waals surface area contributed by atoms with E-state index < -0.39 is 0 Å². The van der Waals surface area contributed by atoms with Crippen molar-refractivity contribution in [1.29, 1.82) is 0 Å². The van der Waals surface area contributed by atoms with Crippen molar-refractivity contribution < 1.29 is 4.79 Å². The molecule has 0 N–H and O–H groups in total. The predicted molar refractivity (Wildman–Crippen MR) is 85.9 cm³/mol. The minimum atomic E-state index is -0.211. The van der Waals surface area contributed by atoms with E-state index in [2.05, 4.69) is 12.0 Å². The van der Waals surface area contributed by atoms with Crippen molar-refractivity contribution in [2.45, 2.75) is 26.3 Å². The first-order chi connectivity index (χ1) is 10.6. The number of aromatic nitrogens is 2. The Morgan fingerprint density at radius 2 is 1.91 bits per heavy atom. The molecule has 2 rings (SSSR count). The Morgan fingerprint density at radius 3 is 2.59 bits per heavy atom. The van der Waals surface area contributed by atoms with Crippen molar-refractivity contribution in [1.82, 2.24) is 14.7 Å². The van der Waals surface area contributed by atoms with Crippen LogP contribution in [0.3, 0.4) is 0 Å². The normalized spacial score (nSPS) is 10.5. The number of unbranched alkanes of at least 4 members (excludes halogenated alkanes) is 1. The van der Waals surface area contributed by atoms with Crippen molar-refractivity contribution >= 4 is 5.91 Å². The Morgan fingerprint density at radius 1 is 1.18 bits per heavy atom. The van der Waals surface area contributed by atoms with Crippen molar-refractivity contribution in [3.63, 3.8) is 0 Å². The average molecular weight is 299 g/mol. The maximum atomic E-state index is 12.3. The van der Waals surface area contributed by atoms with Gasteiger partial charge in [0.1, 0.15) is 5.69 Å². The second kappa shape index (κ2) is 7.54. The molecule has 0 aliphatic heterocycles. The summed E-state index contributed by atoms with van der Waals surface area (Å²) in [6.45, 7) is 3.13. The van der Waals surface area contributed by atoms with E-state index in [1.54, 1.807) is 11.9 Å². The van der Waals surface area contributed by atoms with Crippen LogP contribution in [0.2, 0.25) is 0 Å². The Hall–Kier alpha value is -2.43. The van der Waals surface area contributed by atoms with E-state index in [1.165, 1.54) is 16.8 Å². The quantitative estimate of drug-likeness (QED) is 0.821. The molecule has 0 spiro atoms. The highest BCUT2D eigenvalue weighted by Gasteiger charge is 2.14. The summed E-state index contributed by atoms with van der Waals surface area (Å²) in [5.74, 6) is -0.157. The van der Waals surface area contributed by atoms with E-state index in [-0.39, 0.29) is 11.5 Å². The Labute approximate surface area is 130 Å². The lowest BCUT2D eigenvalue weighted by molar-refractivity contribution is 0.0784. The van der Waals surface area contributed by atoms with Crippen LogP contribution >= 0.6 is 0 Å². The highest BCUT2D eigenvalue weighted by molar-refractivity contribution is 5.91. The van der Waals surface area contributed by atoms with Gasteiger partial charge in [-0.1, -0.05) is 43.7 Å². The highest BCUT2D eigenvalue weighted by atomic mass is 16.2. The number of amides is 1. The molecular formula is C17H21N3O2. The lowest BCUT2D eigenvalue weighted by Gasteiger charge is -2.16. The van der Waals surface area contributed by atoms with Gasteiger partial charge in [-0.15, -0.1) is 0 Å². The van der Waals surface area contributed by atoms with Crippen molar-refractivity contribution in [2.75, 3.05) is 13.6 Å². The van der Waals surface area contributed by atoms with Gasteiger partial charge in [-0.05, 0) is 18.1 Å². The molecule has 22 heavy (non-hydrogen) atoms. The van der Waals surface area contributed by atoms with Crippen LogP contribution in [-0.4, -0.2) is 34.2 Å². The van der Waals surface area contributed by atoms with Gasteiger partial charge in [-0.3, -0.25) is 9.59 Å². The van der Waals surface area contributed by atoms with Crippen LogP contribution in [-0.2, 0) is 6.54 Å². The maximum Gasteiger partial charge on any atom is 0.274 e. The third-order valence-electron chi connectivity index (χ3n) is 3.45. The fraction of sp³-hybridized carbons (Fsp3) is 0.353. The molecule has 0 aliphatic rings. The summed E-state index contributed by atoms with van der Waals surface area (Å²) < 4.78 is 1.33. The zero-order chi connectivity index (χ0) is 15.9. The van der Waals surface area contributed by atoms with Crippen molar-refractivity contribution in [3.8, 4) is 0 Å². The molecule has 0 aliphatic carbocycles. The average Bonchev–Trinajstić information content (AvgIpc) is 2.55. The fourth-order valence-corrected chi connectivity index (χ4v) is 2.12. The summed E-state index contributed by atoms with van der Waals surface area (Å²) >= 11 is 0. The SMILES string of the molecule is CCCCN(C)C(=O)c1ccc(=O)n(Cc2ccccc2)n1. The zero-order valence-electron chi connectivity index (χ0n) is 13.0. The summed E-state index contributed by atoms with van der Waals surface area (Å²) in [6, 6.07) is 12.5. The van der Waals surface area contributed by atoms with Crippen molar-refractivity contribution in [2.24, 2.45) is 0 Å². The first-order valence-electron chi connectivity index (χ1n) is 7.49. The van der Waals surface area contributed by atoms with Gasteiger partial charge in [-0.25, -0.2) is 4.68 Å². The molecule has 0 radical (unpaired) electrons. The predicted octanol–water partition coefficient (Wildman–Crippen LogP) is 2.16. The number of carbonyl (C=O) groups is 1. The Balaban J connectivity index is 2.19. The number of benzene rings is 1. The number of nitrogens with zero attached hydrogens (tertiary/aromatic N) is 3. The van der Waals surface area contributed by atoms with Gasteiger partial charge in [0.05, 0.1) is 6.54 Å². The molecule has 5 nitrogen and oxygen atoms in total. The van der Waals surface area contributed by atoms with E-state index in [0.717, 1.165) is 18.4 Å². The van der Waals surface area contributed by atoms with Crippen LogP contribution in [0.4, 0.5) is 0 Å². The minimum Gasteiger partial charge on any atom is -0.340 e. The van der Waals surface area contributed by atoms with E-state index in [4.69, 9.17) is 0 Å². The van der Waals surface area contributed by atoms with Crippen molar-refractivity contribution in [3.05, 3.63) is 64.1 Å². The van der Waals surface area contributed by atoms with Gasteiger partial charge in [0.2, 0.25) is 0 Å². The smallest absolute Gasteiger partial charge is 0.274 e.